The van der Waals surface area contributed by atoms with Gasteiger partial charge in [-0.25, -0.2) is 0 Å². The van der Waals surface area contributed by atoms with Gasteiger partial charge < -0.3 is 25.1 Å². The van der Waals surface area contributed by atoms with E-state index >= 15 is 0 Å². The molecule has 1 aromatic carbocycles. The average molecular weight is 441 g/mol. The molecule has 0 radical (unpaired) electrons. The van der Waals surface area contributed by atoms with Crippen molar-refractivity contribution in [3.8, 4) is 5.75 Å². The molecule has 7 nitrogen and oxygen atoms in total. The van der Waals surface area contributed by atoms with E-state index in [2.05, 4.69) is 32.4 Å². The number of hydrogen-bond acceptors (Lipinski definition) is 5. The Kier molecular flexibility index (Phi) is 8.54. The molecule has 0 atom stereocenters. The highest BCUT2D eigenvalue weighted by Crippen LogP contribution is 2.17. The van der Waals surface area contributed by atoms with Gasteiger partial charge in [0.15, 0.2) is 11.7 Å². The van der Waals surface area contributed by atoms with Crippen LogP contribution in [0.15, 0.2) is 69.6 Å². The van der Waals surface area contributed by atoms with Gasteiger partial charge in [-0.2, -0.15) is 0 Å². The van der Waals surface area contributed by atoms with Crippen LogP contribution in [0.1, 0.15) is 29.3 Å². The van der Waals surface area contributed by atoms with E-state index < -0.39 is 0 Å². The molecule has 3 N–H and O–H groups in total. The number of thiophene rings is 1. The number of anilines is 1. The molecule has 8 heteroatoms. The van der Waals surface area contributed by atoms with E-state index in [0.29, 0.717) is 31.4 Å². The van der Waals surface area contributed by atoms with Gasteiger partial charge in [-0.1, -0.05) is 6.07 Å². The number of nitrogens with one attached hydrogen (secondary N) is 3. The predicted octanol–water partition coefficient (Wildman–Crippen LogP) is 4.16. The second-order valence-electron chi connectivity index (χ2n) is 7.04. The lowest BCUT2D eigenvalue weighted by molar-refractivity contribution is 0.0926. The fraction of sp³-hybridized carbons (Fsp3) is 0.304. The van der Waals surface area contributed by atoms with Crippen molar-refractivity contribution in [2.75, 3.05) is 25.0 Å². The number of nitrogens with zero attached hydrogens (tertiary/aromatic N) is 1. The molecule has 164 valence electrons. The zero-order valence-electron chi connectivity index (χ0n) is 17.8. The van der Waals surface area contributed by atoms with Crippen LogP contribution in [0.2, 0.25) is 0 Å². The zero-order valence-corrected chi connectivity index (χ0v) is 18.6. The topological polar surface area (TPSA) is 87.9 Å². The summed E-state index contributed by atoms with van der Waals surface area (Å²) in [4.78, 5) is 17.9. The maximum absolute atomic E-state index is 12.0. The number of benzene rings is 1. The minimum Gasteiger partial charge on any atom is -0.491 e. The van der Waals surface area contributed by atoms with Crippen LogP contribution in [0.5, 0.6) is 5.75 Å². The maximum atomic E-state index is 12.0. The molecule has 2 aromatic heterocycles. The molecular weight excluding hydrogens is 412 g/mol. The molecule has 0 saturated heterocycles. The fourth-order valence-electron chi connectivity index (χ4n) is 2.75. The minimum atomic E-state index is -0.239. The maximum Gasteiger partial charge on any atom is 0.287 e. The molecule has 3 aromatic rings. The van der Waals surface area contributed by atoms with E-state index in [1.54, 1.807) is 23.5 Å². The summed E-state index contributed by atoms with van der Waals surface area (Å²) < 4.78 is 10.8. The summed E-state index contributed by atoms with van der Waals surface area (Å²) in [5.41, 5.74) is 0.901. The first-order chi connectivity index (χ1) is 15.1. The van der Waals surface area contributed by atoms with Crippen LogP contribution in [-0.4, -0.2) is 37.6 Å². The van der Waals surface area contributed by atoms with Crippen molar-refractivity contribution in [2.45, 2.75) is 26.4 Å². The first-order valence-electron chi connectivity index (χ1n) is 10.3. The summed E-state index contributed by atoms with van der Waals surface area (Å²) in [6.45, 7) is 5.61. The van der Waals surface area contributed by atoms with Crippen molar-refractivity contribution in [1.82, 2.24) is 10.6 Å². The number of hydrogen-bond donors (Lipinski definition) is 3. The molecule has 0 aliphatic heterocycles. The largest absolute Gasteiger partial charge is 0.491 e. The SMILES string of the molecule is CC(C)Oc1ccc(NC(=NCCc2cccs2)NCCNC(=O)c2ccco2)cc1. The van der Waals surface area contributed by atoms with Crippen LogP contribution in [0.25, 0.3) is 0 Å². The van der Waals surface area contributed by atoms with E-state index in [1.165, 1.54) is 11.1 Å². The number of aliphatic imine (C=N–C) groups is 1. The van der Waals surface area contributed by atoms with Gasteiger partial charge in [0.2, 0.25) is 0 Å². The van der Waals surface area contributed by atoms with E-state index in [4.69, 9.17) is 9.15 Å². The van der Waals surface area contributed by atoms with E-state index in [-0.39, 0.29) is 12.0 Å². The molecule has 0 fully saturated rings. The highest BCUT2D eigenvalue weighted by molar-refractivity contribution is 7.09. The second-order valence-corrected chi connectivity index (χ2v) is 8.07. The molecule has 0 aliphatic carbocycles. The number of amides is 1. The van der Waals surface area contributed by atoms with E-state index in [0.717, 1.165) is 17.9 Å². The minimum absolute atomic E-state index is 0.131. The van der Waals surface area contributed by atoms with Crippen LogP contribution in [0.3, 0.4) is 0 Å². The van der Waals surface area contributed by atoms with Crippen molar-refractivity contribution >= 4 is 28.9 Å². The van der Waals surface area contributed by atoms with Crippen LogP contribution in [0, 0.1) is 0 Å². The number of rotatable bonds is 10. The summed E-state index contributed by atoms with van der Waals surface area (Å²) in [5, 5.41) is 11.5. The zero-order chi connectivity index (χ0) is 21.9. The lowest BCUT2D eigenvalue weighted by Crippen LogP contribution is -2.38. The van der Waals surface area contributed by atoms with Gasteiger partial charge in [-0.15, -0.1) is 11.3 Å². The Morgan fingerprint density at radius 1 is 1.10 bits per heavy atom. The highest BCUT2D eigenvalue weighted by Gasteiger charge is 2.07. The van der Waals surface area contributed by atoms with Gasteiger partial charge in [0.05, 0.1) is 12.4 Å². The van der Waals surface area contributed by atoms with Crippen LogP contribution in [-0.2, 0) is 6.42 Å². The van der Waals surface area contributed by atoms with Crippen LogP contribution < -0.4 is 20.7 Å². The molecule has 31 heavy (non-hydrogen) atoms. The molecule has 3 rings (SSSR count). The molecule has 1 amide bonds. The van der Waals surface area contributed by atoms with Crippen LogP contribution >= 0.6 is 11.3 Å². The van der Waals surface area contributed by atoms with Gasteiger partial charge in [-0.3, -0.25) is 9.79 Å². The third kappa shape index (κ3) is 7.82. The number of guanidine groups is 1. The van der Waals surface area contributed by atoms with Crippen molar-refractivity contribution < 1.29 is 13.9 Å². The smallest absolute Gasteiger partial charge is 0.287 e. The summed E-state index contributed by atoms with van der Waals surface area (Å²) >= 11 is 1.73. The molecule has 0 spiro atoms. The first kappa shape index (κ1) is 22.4. The lowest BCUT2D eigenvalue weighted by atomic mass is 10.3. The Morgan fingerprint density at radius 2 is 1.90 bits per heavy atom. The normalized spacial score (nSPS) is 11.4. The van der Waals surface area contributed by atoms with Gasteiger partial charge in [0.1, 0.15) is 5.75 Å². The predicted molar refractivity (Wildman–Crippen MR) is 125 cm³/mol. The molecule has 0 aliphatic rings. The highest BCUT2D eigenvalue weighted by atomic mass is 32.1. The first-order valence-corrected chi connectivity index (χ1v) is 11.1. The summed E-state index contributed by atoms with van der Waals surface area (Å²) in [7, 11) is 0. The molecular formula is C23H28N4O3S. The Hall–Kier alpha value is -3.26. The van der Waals surface area contributed by atoms with Gasteiger partial charge in [0, 0.05) is 36.6 Å². The van der Waals surface area contributed by atoms with Crippen molar-refractivity contribution in [1.29, 1.82) is 0 Å². The third-order valence-corrected chi connectivity index (χ3v) is 5.08. The monoisotopic (exact) mass is 440 g/mol. The number of carbonyl (C=O) groups is 1. The summed E-state index contributed by atoms with van der Waals surface area (Å²) in [6, 6.07) is 15.2. The number of carbonyl (C=O) groups excluding carboxylic acids is 1. The standard InChI is InChI=1S/C23H28N4O3S/c1-17(2)30-19-9-7-18(8-10-19)27-23(25-12-11-20-5-4-16-31-20)26-14-13-24-22(28)21-6-3-15-29-21/h3-10,15-17H,11-14H2,1-2H3,(H,24,28)(H2,25,26,27). The molecule has 2 heterocycles. The van der Waals surface area contributed by atoms with Crippen molar-refractivity contribution in [3.05, 3.63) is 70.8 Å². The Labute approximate surface area is 186 Å². The average Bonchev–Trinajstić information content (AvgIpc) is 3.46. The van der Waals surface area contributed by atoms with Crippen LogP contribution in [0.4, 0.5) is 5.69 Å². The fourth-order valence-corrected chi connectivity index (χ4v) is 3.45. The lowest BCUT2D eigenvalue weighted by Gasteiger charge is -2.14. The molecule has 0 saturated carbocycles. The number of furan rings is 1. The Balaban J connectivity index is 1.54. The van der Waals surface area contributed by atoms with Gasteiger partial charge in [0.25, 0.3) is 5.91 Å². The quantitative estimate of drug-likeness (QED) is 0.250. The van der Waals surface area contributed by atoms with Gasteiger partial charge in [-0.05, 0) is 61.7 Å². The molecule has 0 bridgehead atoms. The van der Waals surface area contributed by atoms with Crippen molar-refractivity contribution in [2.24, 2.45) is 4.99 Å². The summed E-state index contributed by atoms with van der Waals surface area (Å²) in [5.74, 6) is 1.54. The van der Waals surface area contributed by atoms with E-state index in [9.17, 15) is 4.79 Å². The Morgan fingerprint density at radius 3 is 2.58 bits per heavy atom. The Bertz CT molecular complexity index is 936. The number of ether oxygens (including phenoxy) is 1. The third-order valence-electron chi connectivity index (χ3n) is 4.15. The van der Waals surface area contributed by atoms with Crippen molar-refractivity contribution in [3.63, 3.8) is 0 Å². The molecule has 0 unspecified atom stereocenters. The van der Waals surface area contributed by atoms with Gasteiger partial charge >= 0.3 is 0 Å². The summed E-state index contributed by atoms with van der Waals surface area (Å²) in [6.07, 6.45) is 2.49. The second kappa shape index (κ2) is 11.8. The van der Waals surface area contributed by atoms with E-state index in [1.807, 2.05) is 44.2 Å².